The quantitative estimate of drug-likeness (QED) is 0.135. The van der Waals surface area contributed by atoms with E-state index in [9.17, 15) is 0 Å². The molecule has 40 heavy (non-hydrogen) atoms. The normalized spacial score (nSPS) is 11.5. The maximum atomic E-state index is 3.73. The lowest BCUT2D eigenvalue weighted by Crippen LogP contribution is -1.84. The highest BCUT2D eigenvalue weighted by atomic mass is 79.9. The lowest BCUT2D eigenvalue weighted by molar-refractivity contribution is 1.70. The summed E-state index contributed by atoms with van der Waals surface area (Å²) >= 11 is 14.7. The molecule has 8 aromatic carbocycles. The third-order valence-corrected chi connectivity index (χ3v) is 9.99. The number of fused-ring (bicyclic) bond motifs is 11. The lowest BCUT2D eigenvalue weighted by atomic mass is 9.94. The van der Waals surface area contributed by atoms with Crippen molar-refractivity contribution >= 4 is 128 Å². The maximum Gasteiger partial charge on any atom is 0.0271 e. The zero-order valence-electron chi connectivity index (χ0n) is 21.1. The van der Waals surface area contributed by atoms with E-state index in [0.717, 1.165) is 17.9 Å². The Bertz CT molecular complexity index is 2230. The Hall–Kier alpha value is -2.76. The Balaban J connectivity index is 0.000000133. The van der Waals surface area contributed by atoms with Crippen LogP contribution in [0.25, 0.3) is 64.6 Å². The fourth-order valence-corrected chi connectivity index (χ4v) is 8.24. The molecule has 0 radical (unpaired) electrons. The molecule has 0 spiro atoms. The topological polar surface area (TPSA) is 0 Å². The van der Waals surface area contributed by atoms with Crippen molar-refractivity contribution in [3.05, 3.63) is 139 Å². The summed E-state index contributed by atoms with van der Waals surface area (Å²) in [6.07, 6.45) is 0. The van der Waals surface area contributed by atoms with Crippen molar-refractivity contribution in [2.45, 2.75) is 0 Å². The molecule has 8 aromatic rings. The minimum atomic E-state index is 1.11. The van der Waals surface area contributed by atoms with Gasteiger partial charge in [-0.3, -0.25) is 0 Å². The summed E-state index contributed by atoms with van der Waals surface area (Å²) in [4.78, 5) is 0. The first kappa shape index (κ1) is 26.2. The van der Waals surface area contributed by atoms with Gasteiger partial charge < -0.3 is 0 Å². The molecule has 0 bridgehead atoms. The second kappa shape index (κ2) is 10.6. The van der Waals surface area contributed by atoms with Crippen LogP contribution in [0.3, 0.4) is 0 Å². The second-order valence-corrected chi connectivity index (χ2v) is 13.3. The highest BCUT2D eigenvalue weighted by molar-refractivity contribution is 9.11. The van der Waals surface area contributed by atoms with Crippen LogP contribution in [-0.4, -0.2) is 0 Å². The van der Waals surface area contributed by atoms with Gasteiger partial charge in [0.05, 0.1) is 0 Å². The summed E-state index contributed by atoms with van der Waals surface area (Å²) in [6.45, 7) is 0. The summed E-state index contributed by atoms with van der Waals surface area (Å²) in [5.41, 5.74) is 0. The largest absolute Gasteiger partial charge is 0.0616 e. The van der Waals surface area contributed by atoms with E-state index < -0.39 is 0 Å². The van der Waals surface area contributed by atoms with Gasteiger partial charge in [-0.05, 0) is 89.6 Å². The van der Waals surface area contributed by atoms with Crippen LogP contribution < -0.4 is 0 Å². The first-order valence-corrected chi connectivity index (χ1v) is 16.0. The minimum Gasteiger partial charge on any atom is -0.0616 e. The predicted octanol–water partition coefficient (Wildman–Crippen LogP) is 13.3. The van der Waals surface area contributed by atoms with E-state index in [1.165, 1.54) is 64.6 Å². The molecule has 0 N–H and O–H groups in total. The molecule has 0 heterocycles. The smallest absolute Gasteiger partial charge is 0.0271 e. The first-order valence-electron chi connectivity index (χ1n) is 12.9. The van der Waals surface area contributed by atoms with E-state index in [2.05, 4.69) is 185 Å². The molecule has 0 nitrogen and oxygen atoms in total. The highest BCUT2D eigenvalue weighted by Gasteiger charge is 2.12. The van der Waals surface area contributed by atoms with Crippen molar-refractivity contribution in [2.24, 2.45) is 0 Å². The zero-order valence-corrected chi connectivity index (χ0v) is 27.4. The lowest BCUT2D eigenvalue weighted by Gasteiger charge is -2.12. The van der Waals surface area contributed by atoms with E-state index in [4.69, 9.17) is 0 Å². The number of hydrogen-bond donors (Lipinski definition) is 0. The van der Waals surface area contributed by atoms with Gasteiger partial charge >= 0.3 is 0 Å². The third-order valence-electron chi connectivity index (χ3n) is 7.56. The van der Waals surface area contributed by atoms with Gasteiger partial charge in [0.2, 0.25) is 0 Å². The molecule has 0 aliphatic heterocycles. The van der Waals surface area contributed by atoms with Crippen LogP contribution in [0.4, 0.5) is 0 Å². The molecule has 0 saturated heterocycles. The summed E-state index contributed by atoms with van der Waals surface area (Å²) in [6, 6.07) is 43.1. The van der Waals surface area contributed by atoms with Crippen molar-refractivity contribution in [2.75, 3.05) is 0 Å². The van der Waals surface area contributed by atoms with Crippen molar-refractivity contribution in [1.82, 2.24) is 0 Å². The molecule has 0 fully saturated rings. The molecule has 0 aliphatic carbocycles. The van der Waals surface area contributed by atoms with Gasteiger partial charge in [0.1, 0.15) is 0 Å². The van der Waals surface area contributed by atoms with Crippen LogP contribution in [0.1, 0.15) is 0 Å². The van der Waals surface area contributed by atoms with Gasteiger partial charge in [-0.2, -0.15) is 0 Å². The van der Waals surface area contributed by atoms with Gasteiger partial charge in [0, 0.05) is 23.3 Å². The van der Waals surface area contributed by atoms with E-state index in [0.29, 0.717) is 0 Å². The molecule has 0 saturated carbocycles. The van der Waals surface area contributed by atoms with Crippen molar-refractivity contribution in [3.8, 4) is 0 Å². The SMILES string of the molecule is Brc1cc2c3cccc(Br)c3c(Br)cc2c2ccccc12.Brc1ccc2c3ccccc3c3ccccc3c2c1. The molecule has 8 rings (SSSR count). The molecule has 4 heteroatoms. The van der Waals surface area contributed by atoms with Gasteiger partial charge in [0.15, 0.2) is 0 Å². The van der Waals surface area contributed by atoms with E-state index in [1.54, 1.807) is 0 Å². The third kappa shape index (κ3) is 4.37. The molecule has 0 unspecified atom stereocenters. The van der Waals surface area contributed by atoms with E-state index in [1.807, 2.05) is 0 Å². The second-order valence-electron chi connectivity index (χ2n) is 9.80. The van der Waals surface area contributed by atoms with Crippen LogP contribution in [0, 0.1) is 0 Å². The molecule has 192 valence electrons. The van der Waals surface area contributed by atoms with Crippen LogP contribution in [0.5, 0.6) is 0 Å². The standard InChI is InChI=1S/C18H9Br3.C18H11Br/c19-15-7-3-6-12-14-8-16(20)11-5-2-1-4-10(11)13(14)9-17(21)18(12)15;19-12-9-10-17-15-7-2-1-5-13(15)14-6-3-4-8-16(14)18(17)11-12/h1-9H;1-11H. The first-order chi connectivity index (χ1) is 19.5. The Morgan fingerprint density at radius 3 is 1.32 bits per heavy atom. The summed E-state index contributed by atoms with van der Waals surface area (Å²) < 4.78 is 4.48. The van der Waals surface area contributed by atoms with Crippen LogP contribution in [-0.2, 0) is 0 Å². The van der Waals surface area contributed by atoms with Gasteiger partial charge in [-0.15, -0.1) is 0 Å². The molecule has 0 aromatic heterocycles. The van der Waals surface area contributed by atoms with Crippen LogP contribution >= 0.6 is 63.7 Å². The molecule has 0 amide bonds. The molecule has 0 atom stereocenters. The van der Waals surface area contributed by atoms with Gasteiger partial charge in [-0.1, -0.05) is 155 Å². The monoisotopic (exact) mass is 768 g/mol. The number of hydrogen-bond acceptors (Lipinski definition) is 0. The molecule has 0 aliphatic rings. The number of rotatable bonds is 0. The molecular formula is C36H20Br4. The Morgan fingerprint density at radius 1 is 0.275 bits per heavy atom. The average Bonchev–Trinajstić information content (AvgIpc) is 2.98. The van der Waals surface area contributed by atoms with Crippen LogP contribution in [0.2, 0.25) is 0 Å². The van der Waals surface area contributed by atoms with Gasteiger partial charge in [0.25, 0.3) is 0 Å². The van der Waals surface area contributed by atoms with E-state index >= 15 is 0 Å². The van der Waals surface area contributed by atoms with Gasteiger partial charge in [-0.25, -0.2) is 0 Å². The van der Waals surface area contributed by atoms with Crippen LogP contribution in [0.15, 0.2) is 139 Å². The summed E-state index contributed by atoms with van der Waals surface area (Å²) in [7, 11) is 0. The Kier molecular flexibility index (Phi) is 6.91. The summed E-state index contributed by atoms with van der Waals surface area (Å²) in [5.74, 6) is 0. The predicted molar refractivity (Wildman–Crippen MR) is 189 cm³/mol. The average molecular weight is 772 g/mol. The zero-order chi connectivity index (χ0) is 27.4. The molecular weight excluding hydrogens is 752 g/mol. The summed E-state index contributed by atoms with van der Waals surface area (Å²) in [5, 5.41) is 15.4. The van der Waals surface area contributed by atoms with Crippen molar-refractivity contribution < 1.29 is 0 Å². The van der Waals surface area contributed by atoms with Crippen molar-refractivity contribution in [3.63, 3.8) is 0 Å². The Morgan fingerprint density at radius 2 is 0.700 bits per heavy atom. The van der Waals surface area contributed by atoms with Crippen molar-refractivity contribution in [1.29, 1.82) is 0 Å². The minimum absolute atomic E-state index is 1.11. The number of benzene rings is 8. The highest BCUT2D eigenvalue weighted by Crippen LogP contribution is 2.41. The fraction of sp³-hybridized carbons (Fsp3) is 0. The number of halogens is 4. The van der Waals surface area contributed by atoms with E-state index in [-0.39, 0.29) is 0 Å². The Labute approximate surface area is 265 Å². The fourth-order valence-electron chi connectivity index (χ4n) is 5.80. The maximum absolute atomic E-state index is 3.73.